The van der Waals surface area contributed by atoms with Gasteiger partial charge in [0.2, 0.25) is 0 Å². The van der Waals surface area contributed by atoms with Crippen LogP contribution in [0.2, 0.25) is 0 Å². The Morgan fingerprint density at radius 3 is 1.00 bits per heavy atom. The molecule has 2 rings (SSSR count). The quantitative estimate of drug-likeness (QED) is 0.655. The molecule has 0 spiro atoms. The lowest BCUT2D eigenvalue weighted by Gasteiger charge is -2.02. The molecule has 0 saturated carbocycles. The summed E-state index contributed by atoms with van der Waals surface area (Å²) in [4.78, 5) is 2.35. The van der Waals surface area contributed by atoms with Gasteiger partial charge in [-0.3, -0.25) is 23.5 Å². The molecule has 0 unspecified atom stereocenters. The summed E-state index contributed by atoms with van der Waals surface area (Å²) in [6.07, 6.45) is 0. The van der Waals surface area contributed by atoms with Gasteiger partial charge in [0.15, 0.2) is 0 Å². The zero-order valence-electron chi connectivity index (χ0n) is 10.2. The Morgan fingerprint density at radius 1 is 0.500 bits per heavy atom. The smallest absolute Gasteiger partial charge is 0.0314 e. The molecule has 0 bridgehead atoms. The van der Waals surface area contributed by atoms with Gasteiger partial charge in [0.25, 0.3) is 0 Å². The maximum atomic E-state index is 5.61. The standard InChI is InChI=1S/C12H12N2S.5FH/c13-9-1-5-11(6-2-9)15-12-7-3-10(14)4-8-12;;;;;/h1-8H,13-14H2;5*1H. The minimum atomic E-state index is 0. The van der Waals surface area contributed by atoms with Crippen LogP contribution in [-0.4, -0.2) is 0 Å². The molecular weight excluding hydrogens is 299 g/mol. The van der Waals surface area contributed by atoms with Crippen LogP contribution in [0.5, 0.6) is 0 Å². The summed E-state index contributed by atoms with van der Waals surface area (Å²) in [7, 11) is 0. The molecule has 0 aliphatic rings. The van der Waals surface area contributed by atoms with Crippen molar-refractivity contribution in [2.45, 2.75) is 9.79 Å². The van der Waals surface area contributed by atoms with Crippen LogP contribution in [0.4, 0.5) is 34.9 Å². The summed E-state index contributed by atoms with van der Waals surface area (Å²) in [5, 5.41) is 0. The number of hydrogen-bond donors (Lipinski definition) is 2. The zero-order chi connectivity index (χ0) is 10.7. The van der Waals surface area contributed by atoms with Gasteiger partial charge in [-0.2, -0.15) is 0 Å². The molecule has 4 N–H and O–H groups in total. The van der Waals surface area contributed by atoms with Crippen molar-refractivity contribution in [1.29, 1.82) is 0 Å². The molecule has 0 amide bonds. The van der Waals surface area contributed by atoms with Crippen LogP contribution in [0.25, 0.3) is 0 Å². The van der Waals surface area contributed by atoms with Gasteiger partial charge in [-0.25, -0.2) is 0 Å². The van der Waals surface area contributed by atoms with Crippen molar-refractivity contribution in [1.82, 2.24) is 0 Å². The van der Waals surface area contributed by atoms with E-state index < -0.39 is 0 Å². The summed E-state index contributed by atoms with van der Waals surface area (Å²) >= 11 is 1.69. The number of nitrogens with two attached hydrogens (primary N) is 2. The third-order valence-corrected chi connectivity index (χ3v) is 3.01. The van der Waals surface area contributed by atoms with E-state index in [-0.39, 0.29) is 23.5 Å². The van der Waals surface area contributed by atoms with Gasteiger partial charge >= 0.3 is 0 Å². The summed E-state index contributed by atoms with van der Waals surface area (Å²) < 4.78 is 0. The highest BCUT2D eigenvalue weighted by atomic mass is 32.2. The fourth-order valence-corrected chi connectivity index (χ4v) is 2.02. The molecule has 2 aromatic rings. The van der Waals surface area contributed by atoms with Crippen molar-refractivity contribution in [3.63, 3.8) is 0 Å². The van der Waals surface area contributed by atoms with E-state index in [0.717, 1.165) is 11.4 Å². The average Bonchev–Trinajstić information content (AvgIpc) is 2.25. The van der Waals surface area contributed by atoms with Gasteiger partial charge in [0.05, 0.1) is 0 Å². The van der Waals surface area contributed by atoms with Crippen molar-refractivity contribution in [2.24, 2.45) is 0 Å². The van der Waals surface area contributed by atoms with Crippen LogP contribution >= 0.6 is 11.8 Å². The van der Waals surface area contributed by atoms with E-state index in [1.807, 2.05) is 48.5 Å². The second-order valence-electron chi connectivity index (χ2n) is 3.24. The third-order valence-electron chi connectivity index (χ3n) is 2.00. The number of nitrogen functional groups attached to an aromatic ring is 2. The minimum absolute atomic E-state index is 0. The second-order valence-corrected chi connectivity index (χ2v) is 4.39. The van der Waals surface area contributed by atoms with Gasteiger partial charge in [-0.15, -0.1) is 0 Å². The average molecular weight is 316 g/mol. The molecule has 0 aliphatic carbocycles. The first kappa shape index (κ1) is 26.6. The number of halogens is 5. The SMILES string of the molecule is F.F.F.F.F.Nc1ccc(Sc2ccc(N)cc2)cc1. The lowest BCUT2D eigenvalue weighted by Crippen LogP contribution is -1.83. The van der Waals surface area contributed by atoms with Gasteiger partial charge in [-0.05, 0) is 48.5 Å². The molecular formula is C12H17F5N2S. The monoisotopic (exact) mass is 316 g/mol. The van der Waals surface area contributed by atoms with Gasteiger partial charge in [-0.1, -0.05) is 11.8 Å². The summed E-state index contributed by atoms with van der Waals surface area (Å²) in [5.74, 6) is 0. The largest absolute Gasteiger partial charge is 0.399 e. The van der Waals surface area contributed by atoms with Crippen LogP contribution in [0, 0.1) is 0 Å². The van der Waals surface area contributed by atoms with Crippen LogP contribution in [-0.2, 0) is 0 Å². The summed E-state index contributed by atoms with van der Waals surface area (Å²) in [6.45, 7) is 0. The Morgan fingerprint density at radius 2 is 0.750 bits per heavy atom. The van der Waals surface area contributed by atoms with Crippen molar-refractivity contribution in [3.05, 3.63) is 48.5 Å². The van der Waals surface area contributed by atoms with Crippen molar-refractivity contribution in [3.8, 4) is 0 Å². The number of rotatable bonds is 2. The molecule has 20 heavy (non-hydrogen) atoms. The van der Waals surface area contributed by atoms with Crippen LogP contribution in [0.1, 0.15) is 0 Å². The fraction of sp³-hybridized carbons (Fsp3) is 0. The van der Waals surface area contributed by atoms with E-state index in [1.54, 1.807) is 11.8 Å². The van der Waals surface area contributed by atoms with Crippen LogP contribution in [0.15, 0.2) is 58.3 Å². The topological polar surface area (TPSA) is 52.0 Å². The molecule has 8 heteroatoms. The Balaban J connectivity index is -0.000000256. The van der Waals surface area contributed by atoms with Gasteiger partial charge < -0.3 is 11.5 Å². The molecule has 116 valence electrons. The lowest BCUT2D eigenvalue weighted by molar-refractivity contribution is 1.11. The summed E-state index contributed by atoms with van der Waals surface area (Å²) in [6, 6.07) is 15.7. The normalized spacial score (nSPS) is 7.60. The van der Waals surface area contributed by atoms with Crippen molar-refractivity contribution >= 4 is 23.1 Å². The molecule has 0 heterocycles. The Labute approximate surface area is 117 Å². The molecule has 0 saturated heterocycles. The van der Waals surface area contributed by atoms with Crippen molar-refractivity contribution in [2.75, 3.05) is 11.5 Å². The number of benzene rings is 2. The van der Waals surface area contributed by atoms with E-state index in [4.69, 9.17) is 11.5 Å². The fourth-order valence-electron chi connectivity index (χ4n) is 1.21. The van der Waals surface area contributed by atoms with E-state index >= 15 is 0 Å². The van der Waals surface area contributed by atoms with Gasteiger partial charge in [0.1, 0.15) is 0 Å². The molecule has 0 fully saturated rings. The maximum Gasteiger partial charge on any atom is 0.0314 e. The molecule has 0 aliphatic heterocycles. The molecule has 0 aromatic heterocycles. The molecule has 2 nitrogen and oxygen atoms in total. The molecule has 2 aromatic carbocycles. The van der Waals surface area contributed by atoms with Gasteiger partial charge in [0, 0.05) is 21.2 Å². The van der Waals surface area contributed by atoms with E-state index in [9.17, 15) is 0 Å². The first-order valence-corrected chi connectivity index (χ1v) is 5.44. The van der Waals surface area contributed by atoms with E-state index in [2.05, 4.69) is 0 Å². The minimum Gasteiger partial charge on any atom is -0.399 e. The summed E-state index contributed by atoms with van der Waals surface area (Å²) in [5.41, 5.74) is 12.8. The maximum absolute atomic E-state index is 5.61. The Hall–Kier alpha value is -1.96. The van der Waals surface area contributed by atoms with E-state index in [1.165, 1.54) is 9.79 Å². The van der Waals surface area contributed by atoms with Crippen LogP contribution in [0.3, 0.4) is 0 Å². The highest BCUT2D eigenvalue weighted by molar-refractivity contribution is 7.99. The molecule has 0 atom stereocenters. The number of hydrogen-bond acceptors (Lipinski definition) is 3. The Bertz CT molecular complexity index is 407. The zero-order valence-corrected chi connectivity index (χ0v) is 11.0. The predicted molar refractivity (Wildman–Crippen MR) is 78.3 cm³/mol. The lowest BCUT2D eigenvalue weighted by atomic mass is 10.3. The second kappa shape index (κ2) is 12.1. The third kappa shape index (κ3) is 7.47. The molecule has 0 radical (unpaired) electrons. The first-order chi connectivity index (χ1) is 7.24. The van der Waals surface area contributed by atoms with Crippen molar-refractivity contribution < 1.29 is 23.5 Å². The predicted octanol–water partition coefficient (Wildman–Crippen LogP) is 3.76. The van der Waals surface area contributed by atoms with Crippen LogP contribution < -0.4 is 11.5 Å². The Kier molecular flexibility index (Phi) is 16.1. The van der Waals surface area contributed by atoms with E-state index in [0.29, 0.717) is 0 Å². The number of anilines is 2. The highest BCUT2D eigenvalue weighted by Gasteiger charge is 1.96. The highest BCUT2D eigenvalue weighted by Crippen LogP contribution is 2.28. The first-order valence-electron chi connectivity index (χ1n) is 4.63.